The Morgan fingerprint density at radius 1 is 1.28 bits per heavy atom. The number of H-pyrrole nitrogens is 1. The minimum absolute atomic E-state index is 0. The van der Waals surface area contributed by atoms with Gasteiger partial charge in [-0.2, -0.15) is 5.10 Å². The van der Waals surface area contributed by atoms with Gasteiger partial charge in [0, 0.05) is 18.6 Å². The van der Waals surface area contributed by atoms with Gasteiger partial charge in [-0.1, -0.05) is 0 Å². The maximum atomic E-state index is 13.1. The normalized spacial score (nSPS) is 19.0. The molecule has 1 saturated heterocycles. The first-order chi connectivity index (χ1) is 12.1. The van der Waals surface area contributed by atoms with E-state index >= 15 is 0 Å². The molecule has 6 heteroatoms. The van der Waals surface area contributed by atoms with E-state index in [9.17, 15) is 4.39 Å². The monoisotopic (exact) mass is 340 g/mol. The molecule has 5 nitrogen and oxygen atoms in total. The van der Waals surface area contributed by atoms with E-state index in [1.807, 2.05) is 35.2 Å². The molecule has 1 N–H and O–H groups in total. The lowest BCUT2D eigenvalue weighted by molar-refractivity contribution is 0.200. The molecule has 2 aromatic heterocycles. The van der Waals surface area contributed by atoms with Crippen LogP contribution in [-0.2, 0) is 0 Å². The van der Waals surface area contributed by atoms with Crippen molar-refractivity contribution in [1.82, 2.24) is 15.2 Å². The molecule has 0 spiro atoms. The Kier molecular flexibility index (Phi) is 3.04. The van der Waals surface area contributed by atoms with Crippen molar-refractivity contribution in [2.24, 2.45) is 0 Å². The molecule has 0 unspecified atom stereocenters. The maximum Gasteiger partial charge on any atom is 0.135 e. The van der Waals surface area contributed by atoms with Crippen molar-refractivity contribution >= 4 is 16.7 Å². The minimum Gasteiger partial charge on any atom is -0.488 e. The van der Waals surface area contributed by atoms with Crippen LogP contribution < -0.4 is 9.64 Å². The van der Waals surface area contributed by atoms with Gasteiger partial charge in [-0.3, -0.25) is 5.10 Å². The van der Waals surface area contributed by atoms with Gasteiger partial charge >= 0.3 is 0 Å². The zero-order valence-corrected chi connectivity index (χ0v) is 14.0. The molecule has 0 bridgehead atoms. The largest absolute Gasteiger partial charge is 0.488 e. The number of aromatic amines is 1. The van der Waals surface area contributed by atoms with Gasteiger partial charge in [0.1, 0.15) is 29.0 Å². The third kappa shape index (κ3) is 2.62. The number of ether oxygens (including phenoxy) is 1. The number of alkyl halides is 1. The van der Waals surface area contributed by atoms with Gasteiger partial charge in [-0.15, -0.1) is 0 Å². The van der Waals surface area contributed by atoms with Crippen molar-refractivity contribution in [3.8, 4) is 17.0 Å². The molecule has 2 fully saturated rings. The number of benzene rings is 1. The fourth-order valence-electron chi connectivity index (χ4n) is 3.19. The molecule has 0 amide bonds. The predicted molar refractivity (Wildman–Crippen MR) is 96.8 cm³/mol. The molecule has 3 heterocycles. The van der Waals surface area contributed by atoms with E-state index in [4.69, 9.17) is 4.74 Å². The van der Waals surface area contributed by atoms with Crippen LogP contribution in [0.2, 0.25) is 0 Å². The van der Waals surface area contributed by atoms with Crippen LogP contribution in [-0.4, -0.2) is 40.0 Å². The summed E-state index contributed by atoms with van der Waals surface area (Å²) in [5.74, 6) is 1.66. The molecular weight excluding hydrogens is 319 g/mol. The Hall–Kier alpha value is -2.63. The molecule has 25 heavy (non-hydrogen) atoms. The topological polar surface area (TPSA) is 54.0 Å². The highest BCUT2D eigenvalue weighted by molar-refractivity contribution is 5.94. The third-order valence-corrected chi connectivity index (χ3v) is 5.03. The molecule has 1 aliphatic heterocycles. The quantitative estimate of drug-likeness (QED) is 0.781. The van der Waals surface area contributed by atoms with Crippen LogP contribution in [0, 0.1) is 0 Å². The SMILES string of the molecule is CC1(Oc2ccc3[nH]nc(-c4ccnc(N5CC(F)C5)c4)c3c2)CC1.[HH]. The lowest BCUT2D eigenvalue weighted by atomic mass is 10.1. The van der Waals surface area contributed by atoms with E-state index in [-0.39, 0.29) is 7.03 Å². The second-order valence-corrected chi connectivity index (χ2v) is 7.24. The smallest absolute Gasteiger partial charge is 0.135 e. The van der Waals surface area contributed by atoms with Crippen molar-refractivity contribution < 1.29 is 10.6 Å². The number of nitrogens with zero attached hydrogens (tertiary/aromatic N) is 3. The van der Waals surface area contributed by atoms with Gasteiger partial charge < -0.3 is 9.64 Å². The van der Waals surface area contributed by atoms with Crippen LogP contribution in [0.4, 0.5) is 10.2 Å². The summed E-state index contributed by atoms with van der Waals surface area (Å²) in [6, 6.07) is 9.92. The predicted octanol–water partition coefficient (Wildman–Crippen LogP) is 3.96. The van der Waals surface area contributed by atoms with Gasteiger partial charge in [-0.25, -0.2) is 9.37 Å². The number of hydrogen-bond donors (Lipinski definition) is 1. The second-order valence-electron chi connectivity index (χ2n) is 7.24. The summed E-state index contributed by atoms with van der Waals surface area (Å²) in [5, 5.41) is 8.57. The zero-order valence-electron chi connectivity index (χ0n) is 14.0. The molecular formula is C19H21FN4O. The third-order valence-electron chi connectivity index (χ3n) is 5.03. The average Bonchev–Trinajstić information content (AvgIpc) is 3.16. The molecule has 1 aromatic carbocycles. The molecule has 1 aliphatic carbocycles. The number of halogens is 1. The van der Waals surface area contributed by atoms with E-state index in [0.717, 1.165) is 46.6 Å². The highest BCUT2D eigenvalue weighted by Crippen LogP contribution is 2.40. The number of fused-ring (bicyclic) bond motifs is 1. The Labute approximate surface area is 146 Å². The number of anilines is 1. The Bertz CT molecular complexity index is 950. The van der Waals surface area contributed by atoms with Gasteiger partial charge in [-0.05, 0) is 50.1 Å². The molecule has 2 aliphatic rings. The summed E-state index contributed by atoms with van der Waals surface area (Å²) in [4.78, 5) is 6.29. The molecule has 0 radical (unpaired) electrons. The first-order valence-electron chi connectivity index (χ1n) is 8.62. The lowest BCUT2D eigenvalue weighted by Gasteiger charge is -2.35. The van der Waals surface area contributed by atoms with Crippen molar-refractivity contribution in [3.63, 3.8) is 0 Å². The number of hydrogen-bond acceptors (Lipinski definition) is 4. The summed E-state index contributed by atoms with van der Waals surface area (Å²) < 4.78 is 19.2. The molecule has 5 rings (SSSR count). The van der Waals surface area contributed by atoms with Crippen molar-refractivity contribution in [1.29, 1.82) is 0 Å². The van der Waals surface area contributed by atoms with Crippen LogP contribution in [0.25, 0.3) is 22.2 Å². The van der Waals surface area contributed by atoms with Gasteiger partial charge in [0.25, 0.3) is 0 Å². The van der Waals surface area contributed by atoms with Crippen LogP contribution in [0.5, 0.6) is 5.75 Å². The summed E-state index contributed by atoms with van der Waals surface area (Å²) >= 11 is 0. The number of aromatic nitrogens is 3. The minimum atomic E-state index is -0.750. The van der Waals surface area contributed by atoms with Gasteiger partial charge in [0.2, 0.25) is 0 Å². The van der Waals surface area contributed by atoms with Gasteiger partial charge in [0.15, 0.2) is 0 Å². The van der Waals surface area contributed by atoms with Gasteiger partial charge in [0.05, 0.1) is 18.6 Å². The van der Waals surface area contributed by atoms with Crippen LogP contribution >= 0.6 is 0 Å². The lowest BCUT2D eigenvalue weighted by Crippen LogP contribution is -2.48. The Morgan fingerprint density at radius 3 is 2.88 bits per heavy atom. The zero-order chi connectivity index (χ0) is 17.0. The van der Waals surface area contributed by atoms with E-state index < -0.39 is 6.17 Å². The van der Waals surface area contributed by atoms with E-state index in [1.54, 1.807) is 6.20 Å². The first-order valence-corrected chi connectivity index (χ1v) is 8.62. The highest BCUT2D eigenvalue weighted by Gasteiger charge is 2.40. The fraction of sp³-hybridized carbons (Fsp3) is 0.368. The second kappa shape index (κ2) is 5.18. The average molecular weight is 340 g/mol. The Morgan fingerprint density at radius 2 is 2.12 bits per heavy atom. The standard InChI is InChI=1S/C19H19FN4O.H2/c1-19(5-6-19)25-14-2-3-16-15(9-14)18(23-22-16)12-4-7-21-17(8-12)24-10-13(20)11-24;/h2-4,7-9,13H,5-6,10-11H2,1H3,(H,22,23);1H. The van der Waals surface area contributed by atoms with Crippen molar-refractivity contribution in [3.05, 3.63) is 36.5 Å². The summed E-state index contributed by atoms with van der Waals surface area (Å²) in [6.45, 7) is 2.95. The Balaban J connectivity index is 0.00000168. The molecule has 130 valence electrons. The van der Waals surface area contributed by atoms with E-state index in [1.165, 1.54) is 0 Å². The summed E-state index contributed by atoms with van der Waals surface area (Å²) in [6.07, 6.45) is 3.20. The van der Waals surface area contributed by atoms with Crippen LogP contribution in [0.3, 0.4) is 0 Å². The first kappa shape index (κ1) is 14.7. The molecule has 3 aromatic rings. The number of pyridine rings is 1. The van der Waals surface area contributed by atoms with E-state index in [2.05, 4.69) is 22.1 Å². The fourth-order valence-corrected chi connectivity index (χ4v) is 3.19. The van der Waals surface area contributed by atoms with Crippen molar-refractivity contribution in [2.75, 3.05) is 18.0 Å². The highest BCUT2D eigenvalue weighted by atomic mass is 19.1. The summed E-state index contributed by atoms with van der Waals surface area (Å²) in [7, 11) is 0. The molecule has 0 atom stereocenters. The van der Waals surface area contributed by atoms with E-state index in [0.29, 0.717) is 13.1 Å². The van der Waals surface area contributed by atoms with Crippen molar-refractivity contribution in [2.45, 2.75) is 31.5 Å². The number of rotatable bonds is 4. The maximum absolute atomic E-state index is 13.1. The summed E-state index contributed by atoms with van der Waals surface area (Å²) in [5.41, 5.74) is 2.78. The van der Waals surface area contributed by atoms with Crippen LogP contribution in [0.15, 0.2) is 36.5 Å². The number of nitrogens with one attached hydrogen (secondary N) is 1. The molecule has 1 saturated carbocycles. The van der Waals surface area contributed by atoms with Crippen LogP contribution in [0.1, 0.15) is 21.2 Å².